The third-order valence-electron chi connectivity index (χ3n) is 8.06. The minimum atomic E-state index is -5.44. The Morgan fingerprint density at radius 3 is 2.15 bits per heavy atom. The van der Waals surface area contributed by atoms with E-state index in [0.717, 1.165) is 51.8 Å². The average molecular weight is 897 g/mol. The van der Waals surface area contributed by atoms with E-state index in [9.17, 15) is 31.6 Å². The third-order valence-corrected chi connectivity index (χ3v) is 8.06. The Kier molecular flexibility index (Phi) is 8.51. The maximum atomic E-state index is 14.2. The van der Waals surface area contributed by atoms with Crippen molar-refractivity contribution in [1.82, 2.24) is 9.97 Å². The maximum Gasteiger partial charge on any atom is 0.417 e. The molecule has 8 aromatic rings. The van der Waals surface area contributed by atoms with E-state index < -0.39 is 59.1 Å². The van der Waals surface area contributed by atoms with Crippen LogP contribution < -0.4 is 0 Å². The van der Waals surface area contributed by atoms with E-state index in [1.807, 2.05) is 54.6 Å². The minimum absolute atomic E-state index is 0. The van der Waals surface area contributed by atoms with Crippen molar-refractivity contribution in [1.29, 1.82) is 5.26 Å². The number of halogens is 6. The summed E-state index contributed by atoms with van der Waals surface area (Å²) in [4.78, 5) is 8.30. The topological polar surface area (TPSA) is 62.7 Å². The molecule has 4 nitrogen and oxygen atoms in total. The first kappa shape index (κ1) is 30.8. The SMILES string of the molecule is [2H]C([2H])([2H])c1ccc(-c2[c-]cccc2)nc1.[2H]c1c(C#N)c([2H])c(C(F)(F)F)c(-c2ccnc(-c3[c-]ccc4c3oc3c5ccccc5ccc43)c2)c1C(F)(F)F.[Ir]. The van der Waals surface area contributed by atoms with Crippen LogP contribution in [0.2, 0.25) is 0 Å². The molecule has 3 heterocycles. The van der Waals surface area contributed by atoms with Gasteiger partial charge in [-0.1, -0.05) is 65.5 Å². The van der Waals surface area contributed by atoms with E-state index in [-0.39, 0.29) is 42.5 Å². The molecule has 0 aliphatic rings. The standard InChI is InChI=1S/C30H13F6N2O.C12H10N.Ir/c31-29(32,33)23-12-16(15-37)13-24(30(34,35)36)26(23)18-10-11-38-25(14-18)22-7-3-6-20-21-9-8-17-4-1-2-5-19(17)27(21)39-28(20)22;1-10-7-8-12(13-9-10)11-5-3-2-4-6-11;/h1-6,8-14H;2-5,7-9H,1H3;/q2*-1;/i12D,13D;1D3;. The fourth-order valence-electron chi connectivity index (χ4n) is 5.79. The molecule has 0 saturated carbocycles. The number of aromatic nitrogens is 2. The Morgan fingerprint density at radius 1 is 0.755 bits per heavy atom. The molecular weight excluding hydrogens is 869 g/mol. The van der Waals surface area contributed by atoms with Gasteiger partial charge in [-0.25, -0.2) is 0 Å². The van der Waals surface area contributed by atoms with Crippen LogP contribution in [0.1, 0.15) is 29.1 Å². The molecule has 53 heavy (non-hydrogen) atoms. The van der Waals surface area contributed by atoms with Crippen LogP contribution in [0.4, 0.5) is 26.3 Å². The summed E-state index contributed by atoms with van der Waals surface area (Å²) in [7, 11) is 0. The van der Waals surface area contributed by atoms with Crippen LogP contribution in [0.3, 0.4) is 0 Å². The summed E-state index contributed by atoms with van der Waals surface area (Å²) in [6.45, 7) is -2.09. The van der Waals surface area contributed by atoms with Gasteiger partial charge in [0.25, 0.3) is 0 Å². The number of fused-ring (bicyclic) bond motifs is 5. The van der Waals surface area contributed by atoms with E-state index in [1.165, 1.54) is 6.20 Å². The number of rotatable bonds is 3. The van der Waals surface area contributed by atoms with Crippen LogP contribution in [0, 0.1) is 30.3 Å². The fourth-order valence-corrected chi connectivity index (χ4v) is 5.79. The van der Waals surface area contributed by atoms with Gasteiger partial charge in [-0.3, -0.25) is 0 Å². The molecule has 0 spiro atoms. The van der Waals surface area contributed by atoms with Crippen molar-refractivity contribution in [2.45, 2.75) is 19.2 Å². The van der Waals surface area contributed by atoms with Gasteiger partial charge in [-0.2, -0.15) is 31.6 Å². The summed E-state index contributed by atoms with van der Waals surface area (Å²) in [5.41, 5.74) is -4.46. The van der Waals surface area contributed by atoms with E-state index in [4.69, 9.17) is 11.3 Å². The second kappa shape index (κ2) is 14.7. The van der Waals surface area contributed by atoms with Crippen LogP contribution in [0.5, 0.6) is 0 Å². The molecule has 0 atom stereocenters. The van der Waals surface area contributed by atoms with E-state index >= 15 is 0 Å². The first-order valence-electron chi connectivity index (χ1n) is 17.9. The molecule has 1 radical (unpaired) electrons. The van der Waals surface area contributed by atoms with E-state index in [1.54, 1.807) is 30.3 Å². The molecule has 0 N–H and O–H groups in total. The van der Waals surface area contributed by atoms with Crippen molar-refractivity contribution in [2.75, 3.05) is 0 Å². The summed E-state index contributed by atoms with van der Waals surface area (Å²) < 4.78 is 129. The summed E-state index contributed by atoms with van der Waals surface area (Å²) in [5, 5.41) is 12.3. The second-order valence-corrected chi connectivity index (χ2v) is 11.4. The monoisotopic (exact) mass is 897 g/mol. The van der Waals surface area contributed by atoms with Crippen molar-refractivity contribution in [3.05, 3.63) is 156 Å². The molecule has 5 aromatic carbocycles. The molecule has 11 heteroatoms. The van der Waals surface area contributed by atoms with Crippen molar-refractivity contribution in [3.8, 4) is 39.7 Å². The molecule has 0 aliphatic carbocycles. The normalized spacial score (nSPS) is 13.1. The van der Waals surface area contributed by atoms with Crippen LogP contribution in [0.15, 0.2) is 126 Å². The number of nitrogens with zero attached hydrogens (tertiary/aromatic N) is 3. The second-order valence-electron chi connectivity index (χ2n) is 11.4. The van der Waals surface area contributed by atoms with Gasteiger partial charge >= 0.3 is 12.4 Å². The number of aryl methyl sites for hydroxylation is 1. The Labute approximate surface area is 319 Å². The molecule has 0 saturated heterocycles. The van der Waals surface area contributed by atoms with E-state index in [2.05, 4.69) is 22.1 Å². The van der Waals surface area contributed by atoms with Gasteiger partial charge in [0.2, 0.25) is 0 Å². The van der Waals surface area contributed by atoms with Gasteiger partial charge in [0.1, 0.15) is 5.58 Å². The fraction of sp³-hybridized carbons (Fsp3) is 0.0714. The van der Waals surface area contributed by atoms with Crippen LogP contribution >= 0.6 is 0 Å². The van der Waals surface area contributed by atoms with Crippen LogP contribution in [-0.4, -0.2) is 9.97 Å². The predicted molar refractivity (Wildman–Crippen MR) is 187 cm³/mol. The minimum Gasteiger partial charge on any atom is -0.500 e. The van der Waals surface area contributed by atoms with E-state index in [0.29, 0.717) is 11.0 Å². The van der Waals surface area contributed by atoms with Crippen molar-refractivity contribution in [2.24, 2.45) is 0 Å². The molecule has 0 bridgehead atoms. The number of nitriles is 1. The Hall–Kier alpha value is -5.82. The zero-order valence-corrected chi connectivity index (χ0v) is 29.1. The molecule has 265 valence electrons. The van der Waals surface area contributed by atoms with Gasteiger partial charge in [-0.05, 0) is 52.9 Å². The summed E-state index contributed by atoms with van der Waals surface area (Å²) in [6.07, 6.45) is -8.47. The molecule has 0 aliphatic heterocycles. The van der Waals surface area contributed by atoms with Gasteiger partial charge in [0.05, 0.1) is 31.1 Å². The van der Waals surface area contributed by atoms with Gasteiger partial charge in [0.15, 0.2) is 0 Å². The number of pyridine rings is 2. The average Bonchev–Trinajstić information content (AvgIpc) is 3.57. The Bertz CT molecular complexity index is 2810. The molecular formula is C42H23F6IrN3O-2. The summed E-state index contributed by atoms with van der Waals surface area (Å²) in [5.74, 6) is 0. The zero-order valence-electron chi connectivity index (χ0n) is 31.7. The Morgan fingerprint density at radius 2 is 1.49 bits per heavy atom. The summed E-state index contributed by atoms with van der Waals surface area (Å²) in [6, 6.07) is 31.3. The largest absolute Gasteiger partial charge is 0.500 e. The molecule has 0 amide bonds. The van der Waals surface area contributed by atoms with Crippen molar-refractivity contribution >= 4 is 32.7 Å². The zero-order chi connectivity index (χ0) is 40.9. The predicted octanol–water partition coefficient (Wildman–Crippen LogP) is 12.0. The number of benzene rings is 5. The maximum absolute atomic E-state index is 14.2. The molecule has 0 unspecified atom stereocenters. The number of hydrogen-bond acceptors (Lipinski definition) is 4. The van der Waals surface area contributed by atoms with Gasteiger partial charge in [0, 0.05) is 52.9 Å². The molecule has 0 fully saturated rings. The first-order chi connectivity index (χ1) is 27.0. The van der Waals surface area contributed by atoms with Crippen LogP contribution in [0.25, 0.3) is 66.4 Å². The number of hydrogen-bond donors (Lipinski definition) is 0. The third kappa shape index (κ3) is 7.42. The van der Waals surface area contributed by atoms with Crippen molar-refractivity contribution in [3.63, 3.8) is 0 Å². The Balaban J connectivity index is 0.000000280. The van der Waals surface area contributed by atoms with Crippen LogP contribution in [-0.2, 0) is 32.5 Å². The smallest absolute Gasteiger partial charge is 0.417 e. The van der Waals surface area contributed by atoms with Gasteiger partial charge < -0.3 is 14.4 Å². The molecule has 3 aromatic heterocycles. The molecule has 8 rings (SSSR count). The number of furan rings is 1. The number of alkyl halides is 6. The first-order valence-corrected chi connectivity index (χ1v) is 15.4. The summed E-state index contributed by atoms with van der Waals surface area (Å²) >= 11 is 0. The van der Waals surface area contributed by atoms with Gasteiger partial charge in [-0.15, -0.1) is 54.1 Å². The van der Waals surface area contributed by atoms with Crippen molar-refractivity contribution < 1.29 is 57.7 Å². The quantitative estimate of drug-likeness (QED) is 0.131.